The van der Waals surface area contributed by atoms with Crippen LogP contribution in [0.5, 0.6) is 5.75 Å². The Bertz CT molecular complexity index is 1110. The summed E-state index contributed by atoms with van der Waals surface area (Å²) in [4.78, 5) is 26.9. The van der Waals surface area contributed by atoms with Gasteiger partial charge in [0.25, 0.3) is 0 Å². The van der Waals surface area contributed by atoms with Gasteiger partial charge < -0.3 is 14.7 Å². The number of carboxylic acid groups (broad SMARTS) is 1. The van der Waals surface area contributed by atoms with Crippen LogP contribution < -0.4 is 4.74 Å². The number of aryl methyl sites for hydroxylation is 2. The standard InChI is InChI=1S/C29H38N4O3/c1-36-26-9-10-28-27(19-26)23(12-14-32-28)6-4-5-22-13-18-33(21-24(22)8-11-29(34)35)17-3-2-7-25-20-30-15-16-31-25/h9-10,12,14-16,19-20,22,24H,2-8,11,13,17-18,21H2,1H3,(H,34,35)/t22-,24+/m1/s1. The van der Waals surface area contributed by atoms with E-state index >= 15 is 0 Å². The molecule has 36 heavy (non-hydrogen) atoms. The van der Waals surface area contributed by atoms with Crippen LogP contribution >= 0.6 is 0 Å². The molecule has 0 spiro atoms. The first-order valence-corrected chi connectivity index (χ1v) is 13.2. The Hall–Kier alpha value is -3.06. The van der Waals surface area contributed by atoms with Crippen LogP contribution in [0.25, 0.3) is 10.9 Å². The number of hydrogen-bond acceptors (Lipinski definition) is 6. The van der Waals surface area contributed by atoms with Crippen molar-refractivity contribution in [1.82, 2.24) is 19.9 Å². The largest absolute Gasteiger partial charge is 0.497 e. The highest BCUT2D eigenvalue weighted by atomic mass is 16.5. The van der Waals surface area contributed by atoms with Gasteiger partial charge in [-0.25, -0.2) is 0 Å². The highest BCUT2D eigenvalue weighted by Crippen LogP contribution is 2.32. The van der Waals surface area contributed by atoms with Crippen LogP contribution in [0.4, 0.5) is 0 Å². The number of methoxy groups -OCH3 is 1. The zero-order chi connectivity index (χ0) is 25.2. The van der Waals surface area contributed by atoms with Gasteiger partial charge in [-0.15, -0.1) is 0 Å². The van der Waals surface area contributed by atoms with Gasteiger partial charge in [-0.05, 0) is 106 Å². The summed E-state index contributed by atoms with van der Waals surface area (Å²) >= 11 is 0. The quantitative estimate of drug-likeness (QED) is 0.330. The maximum atomic E-state index is 11.3. The van der Waals surface area contributed by atoms with E-state index < -0.39 is 5.97 Å². The van der Waals surface area contributed by atoms with E-state index in [0.29, 0.717) is 11.8 Å². The molecule has 0 amide bonds. The highest BCUT2D eigenvalue weighted by molar-refractivity contribution is 5.83. The number of benzene rings is 1. The third-order valence-corrected chi connectivity index (χ3v) is 7.54. The summed E-state index contributed by atoms with van der Waals surface area (Å²) in [6.45, 7) is 3.19. The average molecular weight is 491 g/mol. The fourth-order valence-electron chi connectivity index (χ4n) is 5.56. The predicted octanol–water partition coefficient (Wildman–Crippen LogP) is 5.18. The molecule has 0 radical (unpaired) electrons. The van der Waals surface area contributed by atoms with E-state index in [4.69, 9.17) is 4.74 Å². The van der Waals surface area contributed by atoms with Gasteiger partial charge in [0, 0.05) is 43.1 Å². The molecule has 192 valence electrons. The number of fused-ring (bicyclic) bond motifs is 1. The zero-order valence-corrected chi connectivity index (χ0v) is 21.3. The van der Waals surface area contributed by atoms with Crippen molar-refractivity contribution >= 4 is 16.9 Å². The van der Waals surface area contributed by atoms with Crippen molar-refractivity contribution in [1.29, 1.82) is 0 Å². The lowest BCUT2D eigenvalue weighted by Gasteiger charge is -2.39. The molecule has 1 saturated heterocycles. The van der Waals surface area contributed by atoms with Crippen LogP contribution in [0.2, 0.25) is 0 Å². The molecular formula is C29H38N4O3. The molecule has 2 atom stereocenters. The second kappa shape index (κ2) is 13.3. The third kappa shape index (κ3) is 7.47. The van der Waals surface area contributed by atoms with Gasteiger partial charge in [0.15, 0.2) is 0 Å². The van der Waals surface area contributed by atoms with Crippen LogP contribution in [0.1, 0.15) is 56.2 Å². The number of aromatic nitrogens is 3. The Morgan fingerprint density at radius 2 is 1.97 bits per heavy atom. The van der Waals surface area contributed by atoms with E-state index in [1.807, 2.05) is 24.5 Å². The summed E-state index contributed by atoms with van der Waals surface area (Å²) in [6.07, 6.45) is 15.8. The Morgan fingerprint density at radius 3 is 2.78 bits per heavy atom. The maximum absolute atomic E-state index is 11.3. The number of carbonyl (C=O) groups is 1. The first-order chi connectivity index (χ1) is 17.6. The summed E-state index contributed by atoms with van der Waals surface area (Å²) in [6, 6.07) is 8.17. The van der Waals surface area contributed by atoms with Crippen molar-refractivity contribution in [2.24, 2.45) is 11.8 Å². The van der Waals surface area contributed by atoms with Crippen molar-refractivity contribution in [3.05, 3.63) is 60.3 Å². The number of piperidine rings is 1. The van der Waals surface area contributed by atoms with Crippen molar-refractivity contribution in [2.75, 3.05) is 26.7 Å². The molecule has 7 heteroatoms. The van der Waals surface area contributed by atoms with Gasteiger partial charge in [-0.2, -0.15) is 0 Å². The van der Waals surface area contributed by atoms with Crippen molar-refractivity contribution < 1.29 is 14.6 Å². The first kappa shape index (κ1) is 26.0. The minimum absolute atomic E-state index is 0.260. The van der Waals surface area contributed by atoms with E-state index in [1.54, 1.807) is 19.5 Å². The van der Waals surface area contributed by atoms with Crippen LogP contribution in [-0.4, -0.2) is 57.7 Å². The number of aliphatic carboxylic acids is 1. The van der Waals surface area contributed by atoms with Crippen molar-refractivity contribution in [3.8, 4) is 5.75 Å². The molecule has 0 aliphatic carbocycles. The minimum Gasteiger partial charge on any atom is -0.497 e. The van der Waals surface area contributed by atoms with E-state index in [9.17, 15) is 9.90 Å². The van der Waals surface area contributed by atoms with Gasteiger partial charge in [-0.1, -0.05) is 0 Å². The molecule has 1 aliphatic heterocycles. The lowest BCUT2D eigenvalue weighted by molar-refractivity contribution is -0.137. The Labute approximate surface area is 213 Å². The number of carboxylic acids is 1. The van der Waals surface area contributed by atoms with Crippen LogP contribution in [0.3, 0.4) is 0 Å². The van der Waals surface area contributed by atoms with Crippen molar-refractivity contribution in [3.63, 3.8) is 0 Å². The second-order valence-corrected chi connectivity index (χ2v) is 9.94. The zero-order valence-electron chi connectivity index (χ0n) is 21.3. The normalized spacial score (nSPS) is 18.4. The first-order valence-electron chi connectivity index (χ1n) is 13.2. The number of rotatable bonds is 13. The Kier molecular flexibility index (Phi) is 9.61. The lowest BCUT2D eigenvalue weighted by Crippen LogP contribution is -2.41. The monoisotopic (exact) mass is 490 g/mol. The smallest absolute Gasteiger partial charge is 0.303 e. The van der Waals surface area contributed by atoms with Crippen molar-refractivity contribution in [2.45, 2.75) is 57.8 Å². The van der Waals surface area contributed by atoms with E-state index in [1.165, 1.54) is 5.56 Å². The molecule has 1 N–H and O–H groups in total. The van der Waals surface area contributed by atoms with Crippen LogP contribution in [-0.2, 0) is 17.6 Å². The molecule has 3 heterocycles. The Morgan fingerprint density at radius 1 is 1.06 bits per heavy atom. The van der Waals surface area contributed by atoms with Gasteiger partial charge in [0.2, 0.25) is 0 Å². The third-order valence-electron chi connectivity index (χ3n) is 7.54. The van der Waals surface area contributed by atoms with Crippen LogP contribution in [0, 0.1) is 11.8 Å². The van der Waals surface area contributed by atoms with E-state index in [-0.39, 0.29) is 6.42 Å². The average Bonchev–Trinajstić information content (AvgIpc) is 2.91. The molecule has 0 bridgehead atoms. The van der Waals surface area contributed by atoms with E-state index in [2.05, 4.69) is 32.0 Å². The van der Waals surface area contributed by atoms with E-state index in [0.717, 1.165) is 93.3 Å². The second-order valence-electron chi connectivity index (χ2n) is 9.94. The molecule has 0 saturated carbocycles. The maximum Gasteiger partial charge on any atom is 0.303 e. The number of nitrogens with zero attached hydrogens (tertiary/aromatic N) is 4. The fraction of sp³-hybridized carbons (Fsp3) is 0.517. The Balaban J connectivity index is 1.28. The molecule has 2 aromatic heterocycles. The molecule has 7 nitrogen and oxygen atoms in total. The van der Waals surface area contributed by atoms with Gasteiger partial charge in [0.05, 0.1) is 18.3 Å². The number of hydrogen-bond donors (Lipinski definition) is 1. The molecule has 3 aromatic rings. The summed E-state index contributed by atoms with van der Waals surface area (Å²) in [5.74, 6) is 1.20. The molecule has 4 rings (SSSR count). The summed E-state index contributed by atoms with van der Waals surface area (Å²) < 4.78 is 5.42. The topological polar surface area (TPSA) is 88.4 Å². The summed E-state index contributed by atoms with van der Waals surface area (Å²) in [5.41, 5.74) is 3.36. The lowest BCUT2D eigenvalue weighted by atomic mass is 9.79. The van der Waals surface area contributed by atoms with Gasteiger partial charge >= 0.3 is 5.97 Å². The number of likely N-dealkylation sites (tertiary alicyclic amines) is 1. The number of ether oxygens (including phenoxy) is 1. The summed E-state index contributed by atoms with van der Waals surface area (Å²) in [7, 11) is 1.69. The molecule has 1 aliphatic rings. The van der Waals surface area contributed by atoms with Crippen LogP contribution in [0.15, 0.2) is 49.1 Å². The molecule has 0 unspecified atom stereocenters. The molecule has 1 fully saturated rings. The predicted molar refractivity (Wildman–Crippen MR) is 141 cm³/mol. The number of pyridine rings is 1. The SMILES string of the molecule is COc1ccc2nccc(CCC[C@@H]3CCN(CCCCc4cnccn4)C[C@@H]3CCC(=O)O)c2c1. The molecule has 1 aromatic carbocycles. The minimum atomic E-state index is -0.688. The molecular weight excluding hydrogens is 452 g/mol. The highest BCUT2D eigenvalue weighted by Gasteiger charge is 2.29. The summed E-state index contributed by atoms with van der Waals surface area (Å²) in [5, 5.41) is 10.5. The van der Waals surface area contributed by atoms with Gasteiger partial charge in [0.1, 0.15) is 5.75 Å². The number of unbranched alkanes of at least 4 members (excludes halogenated alkanes) is 1. The van der Waals surface area contributed by atoms with Gasteiger partial charge in [-0.3, -0.25) is 19.7 Å². The fourth-order valence-corrected chi connectivity index (χ4v) is 5.56.